The van der Waals surface area contributed by atoms with Gasteiger partial charge >= 0.3 is 6.61 Å². The zero-order valence-corrected chi connectivity index (χ0v) is 16.2. The van der Waals surface area contributed by atoms with Gasteiger partial charge in [0.15, 0.2) is 5.13 Å². The Kier molecular flexibility index (Phi) is 6.48. The Hall–Kier alpha value is -3.66. The van der Waals surface area contributed by atoms with E-state index in [0.29, 0.717) is 16.4 Å². The zero-order chi connectivity index (χ0) is 21.7. The van der Waals surface area contributed by atoms with Gasteiger partial charge in [-0.2, -0.15) is 8.78 Å². The van der Waals surface area contributed by atoms with Crippen molar-refractivity contribution in [1.82, 2.24) is 4.98 Å². The van der Waals surface area contributed by atoms with Gasteiger partial charge in [-0.1, -0.05) is 12.1 Å². The van der Waals surface area contributed by atoms with Gasteiger partial charge in [-0.15, -0.1) is 17.9 Å². The second kappa shape index (κ2) is 9.23. The minimum Gasteiger partial charge on any atom is -0.435 e. The Labute approximate surface area is 174 Å². The third kappa shape index (κ3) is 4.84. The molecule has 0 aliphatic heterocycles. The normalized spacial score (nSPS) is 10.6. The highest BCUT2D eigenvalue weighted by Crippen LogP contribution is 2.30. The van der Waals surface area contributed by atoms with E-state index < -0.39 is 17.4 Å². The number of nitrogens with zero attached hydrogens (tertiary/aromatic N) is 3. The van der Waals surface area contributed by atoms with Crippen LogP contribution in [0.3, 0.4) is 0 Å². The fraction of sp³-hybridized carbons (Fsp3) is 0.100. The van der Waals surface area contributed by atoms with Gasteiger partial charge < -0.3 is 4.74 Å². The molecule has 1 aromatic heterocycles. The van der Waals surface area contributed by atoms with Crippen molar-refractivity contribution in [3.8, 4) is 17.0 Å². The predicted octanol–water partition coefficient (Wildman–Crippen LogP) is 5.15. The highest BCUT2D eigenvalue weighted by Gasteiger charge is 2.21. The lowest BCUT2D eigenvalue weighted by molar-refractivity contribution is -0.384. The Bertz CT molecular complexity index is 1070. The van der Waals surface area contributed by atoms with E-state index >= 15 is 0 Å². The molecule has 1 heterocycles. The van der Waals surface area contributed by atoms with Crippen LogP contribution in [0.4, 0.5) is 19.6 Å². The SMILES string of the molecule is C=CCN(C(=O)c1cccc(OC(F)F)c1)c1nc(-c2ccc([N+](=O)[O-])cc2)cs1. The fourth-order valence-electron chi connectivity index (χ4n) is 2.61. The Morgan fingerprint density at radius 2 is 2.03 bits per heavy atom. The van der Waals surface area contributed by atoms with Crippen molar-refractivity contribution >= 4 is 28.1 Å². The molecule has 154 valence electrons. The molecule has 10 heteroatoms. The molecule has 2 aromatic carbocycles. The Morgan fingerprint density at radius 3 is 2.67 bits per heavy atom. The summed E-state index contributed by atoms with van der Waals surface area (Å²) in [4.78, 5) is 29.1. The van der Waals surface area contributed by atoms with Crippen LogP contribution in [0, 0.1) is 10.1 Å². The molecule has 0 bridgehead atoms. The lowest BCUT2D eigenvalue weighted by Crippen LogP contribution is -2.31. The van der Waals surface area contributed by atoms with Crippen LogP contribution in [0.1, 0.15) is 10.4 Å². The number of hydrogen-bond donors (Lipinski definition) is 0. The molecule has 0 radical (unpaired) electrons. The molecule has 30 heavy (non-hydrogen) atoms. The molecule has 0 saturated heterocycles. The molecule has 1 amide bonds. The summed E-state index contributed by atoms with van der Waals surface area (Å²) >= 11 is 1.20. The Morgan fingerprint density at radius 1 is 1.30 bits per heavy atom. The van der Waals surface area contributed by atoms with Crippen LogP contribution in [0.2, 0.25) is 0 Å². The minimum atomic E-state index is -3.00. The number of carbonyl (C=O) groups excluding carboxylic acids is 1. The molecular formula is C20H15F2N3O4S. The van der Waals surface area contributed by atoms with Crippen molar-refractivity contribution in [2.75, 3.05) is 11.4 Å². The van der Waals surface area contributed by atoms with Crippen LogP contribution in [-0.2, 0) is 0 Å². The smallest absolute Gasteiger partial charge is 0.387 e. The second-order valence-corrected chi connectivity index (χ2v) is 6.77. The van der Waals surface area contributed by atoms with Crippen molar-refractivity contribution < 1.29 is 23.2 Å². The first kappa shape index (κ1) is 21.1. The fourth-order valence-corrected chi connectivity index (χ4v) is 3.45. The molecule has 7 nitrogen and oxygen atoms in total. The number of non-ortho nitro benzene ring substituents is 1. The molecule has 3 rings (SSSR count). The summed E-state index contributed by atoms with van der Waals surface area (Å²) in [6, 6.07) is 11.4. The van der Waals surface area contributed by atoms with Crippen LogP contribution in [0.5, 0.6) is 5.75 Å². The number of rotatable bonds is 8. The molecule has 0 atom stereocenters. The van der Waals surface area contributed by atoms with Gasteiger partial charge in [0, 0.05) is 35.2 Å². The standard InChI is InChI=1S/C20H15F2N3O4S/c1-2-10-24(18(26)14-4-3-5-16(11-14)29-19(21)22)20-23-17(12-30-20)13-6-8-15(9-7-13)25(27)28/h2-9,11-12,19H,1,10H2. The van der Waals surface area contributed by atoms with Gasteiger partial charge in [-0.05, 0) is 30.3 Å². The number of carbonyl (C=O) groups is 1. The lowest BCUT2D eigenvalue weighted by Gasteiger charge is -2.18. The van der Waals surface area contributed by atoms with E-state index in [1.165, 1.54) is 58.7 Å². The first-order chi connectivity index (χ1) is 14.4. The van der Waals surface area contributed by atoms with Crippen molar-refractivity contribution in [2.24, 2.45) is 0 Å². The molecule has 0 aliphatic rings. The zero-order valence-electron chi connectivity index (χ0n) is 15.4. The van der Waals surface area contributed by atoms with Gasteiger partial charge in [-0.3, -0.25) is 19.8 Å². The van der Waals surface area contributed by atoms with E-state index in [1.807, 2.05) is 0 Å². The number of anilines is 1. The largest absolute Gasteiger partial charge is 0.435 e. The number of alkyl halides is 2. The molecule has 0 unspecified atom stereocenters. The van der Waals surface area contributed by atoms with E-state index in [1.54, 1.807) is 17.5 Å². The van der Waals surface area contributed by atoms with E-state index in [9.17, 15) is 23.7 Å². The van der Waals surface area contributed by atoms with E-state index in [-0.39, 0.29) is 23.5 Å². The van der Waals surface area contributed by atoms with Crippen molar-refractivity contribution in [2.45, 2.75) is 6.61 Å². The molecule has 0 spiro atoms. The number of hydrogen-bond acceptors (Lipinski definition) is 6. The van der Waals surface area contributed by atoms with Crippen molar-refractivity contribution in [1.29, 1.82) is 0 Å². The van der Waals surface area contributed by atoms with Crippen LogP contribution >= 0.6 is 11.3 Å². The molecular weight excluding hydrogens is 416 g/mol. The summed E-state index contributed by atoms with van der Waals surface area (Å²) in [6.07, 6.45) is 1.52. The summed E-state index contributed by atoms with van der Waals surface area (Å²) in [5.41, 5.74) is 1.31. The lowest BCUT2D eigenvalue weighted by atomic mass is 10.1. The number of thiazole rings is 1. The number of aromatic nitrogens is 1. The van der Waals surface area contributed by atoms with E-state index in [4.69, 9.17) is 0 Å². The quantitative estimate of drug-likeness (QED) is 0.280. The van der Waals surface area contributed by atoms with Gasteiger partial charge in [0.25, 0.3) is 11.6 Å². The van der Waals surface area contributed by atoms with Gasteiger partial charge in [-0.25, -0.2) is 4.98 Å². The first-order valence-corrected chi connectivity index (χ1v) is 9.45. The summed E-state index contributed by atoms with van der Waals surface area (Å²) in [6.45, 7) is 0.793. The summed E-state index contributed by atoms with van der Waals surface area (Å²) < 4.78 is 29.3. The number of ether oxygens (including phenoxy) is 1. The molecule has 0 saturated carbocycles. The van der Waals surface area contributed by atoms with Crippen molar-refractivity contribution in [3.63, 3.8) is 0 Å². The molecule has 0 aliphatic carbocycles. The van der Waals surface area contributed by atoms with Gasteiger partial charge in [0.2, 0.25) is 0 Å². The number of nitro groups is 1. The number of benzene rings is 2. The van der Waals surface area contributed by atoms with Crippen LogP contribution in [0.25, 0.3) is 11.3 Å². The number of amides is 1. The molecule has 0 fully saturated rings. The Balaban J connectivity index is 1.87. The molecule has 3 aromatic rings. The van der Waals surface area contributed by atoms with Gasteiger partial charge in [0.1, 0.15) is 5.75 Å². The van der Waals surface area contributed by atoms with Crippen LogP contribution < -0.4 is 9.64 Å². The number of halogens is 2. The third-order valence-corrected chi connectivity index (χ3v) is 4.82. The molecule has 0 N–H and O–H groups in total. The van der Waals surface area contributed by atoms with E-state index in [2.05, 4.69) is 16.3 Å². The predicted molar refractivity (Wildman–Crippen MR) is 109 cm³/mol. The highest BCUT2D eigenvalue weighted by molar-refractivity contribution is 7.14. The number of nitro benzene ring substituents is 1. The summed E-state index contributed by atoms with van der Waals surface area (Å²) in [5.74, 6) is -0.584. The topological polar surface area (TPSA) is 85.6 Å². The van der Waals surface area contributed by atoms with Crippen LogP contribution in [-0.4, -0.2) is 29.0 Å². The second-order valence-electron chi connectivity index (χ2n) is 5.93. The first-order valence-electron chi connectivity index (χ1n) is 8.57. The maximum atomic E-state index is 13.0. The summed E-state index contributed by atoms with van der Waals surface area (Å²) in [5, 5.41) is 12.9. The van der Waals surface area contributed by atoms with Crippen molar-refractivity contribution in [3.05, 3.63) is 82.2 Å². The minimum absolute atomic E-state index is 0.0384. The highest BCUT2D eigenvalue weighted by atomic mass is 32.1. The maximum Gasteiger partial charge on any atom is 0.387 e. The van der Waals surface area contributed by atoms with Gasteiger partial charge in [0.05, 0.1) is 10.6 Å². The van der Waals surface area contributed by atoms with E-state index in [0.717, 1.165) is 0 Å². The summed E-state index contributed by atoms with van der Waals surface area (Å²) in [7, 11) is 0. The van der Waals surface area contributed by atoms with Crippen LogP contribution in [0.15, 0.2) is 66.6 Å². The average molecular weight is 431 g/mol. The maximum absolute atomic E-state index is 13.0. The monoisotopic (exact) mass is 431 g/mol. The third-order valence-electron chi connectivity index (χ3n) is 3.96. The average Bonchev–Trinajstić information content (AvgIpc) is 3.21.